The van der Waals surface area contributed by atoms with E-state index in [0.717, 1.165) is 11.2 Å². The lowest BCUT2D eigenvalue weighted by Crippen LogP contribution is -2.05. The number of rotatable bonds is 5. The van der Waals surface area contributed by atoms with Crippen molar-refractivity contribution in [3.8, 4) is 17.2 Å². The molecule has 20 heavy (non-hydrogen) atoms. The van der Waals surface area contributed by atoms with Gasteiger partial charge in [-0.3, -0.25) is 0 Å². The predicted octanol–water partition coefficient (Wildman–Crippen LogP) is 2.23. The van der Waals surface area contributed by atoms with Crippen LogP contribution in [0.1, 0.15) is 12.8 Å². The summed E-state index contributed by atoms with van der Waals surface area (Å²) in [5.74, 6) is 2.50. The zero-order chi connectivity index (χ0) is 14.1. The molecule has 6 heteroatoms. The fourth-order valence-electron chi connectivity index (χ4n) is 2.20. The molecule has 0 amide bonds. The van der Waals surface area contributed by atoms with E-state index >= 15 is 0 Å². The number of aromatic nitrogens is 2. The van der Waals surface area contributed by atoms with Crippen LogP contribution in [0.5, 0.6) is 17.2 Å². The van der Waals surface area contributed by atoms with Gasteiger partial charge in [0.25, 0.3) is 0 Å². The van der Waals surface area contributed by atoms with E-state index in [1.54, 1.807) is 21.3 Å². The van der Waals surface area contributed by atoms with Crippen LogP contribution in [0.4, 0.5) is 5.82 Å². The van der Waals surface area contributed by atoms with E-state index < -0.39 is 0 Å². The van der Waals surface area contributed by atoms with E-state index in [1.807, 2.05) is 6.07 Å². The highest BCUT2D eigenvalue weighted by Gasteiger charge is 2.24. The molecular formula is C14H17N3O3. The van der Waals surface area contributed by atoms with Gasteiger partial charge in [0.05, 0.1) is 26.7 Å². The third-order valence-corrected chi connectivity index (χ3v) is 3.35. The minimum atomic E-state index is 0.507. The molecule has 1 aromatic carbocycles. The largest absolute Gasteiger partial charge is 0.493 e. The highest BCUT2D eigenvalue weighted by atomic mass is 16.5. The van der Waals surface area contributed by atoms with Crippen LogP contribution in [0.25, 0.3) is 10.9 Å². The second-order valence-electron chi connectivity index (χ2n) is 4.68. The maximum absolute atomic E-state index is 5.44. The van der Waals surface area contributed by atoms with E-state index in [4.69, 9.17) is 14.2 Å². The van der Waals surface area contributed by atoms with E-state index in [-0.39, 0.29) is 0 Å². The molecule has 0 atom stereocenters. The summed E-state index contributed by atoms with van der Waals surface area (Å²) in [7, 11) is 4.77. The summed E-state index contributed by atoms with van der Waals surface area (Å²) >= 11 is 0. The Morgan fingerprint density at radius 1 is 1.05 bits per heavy atom. The third kappa shape index (κ3) is 2.07. The molecule has 0 saturated heterocycles. The monoisotopic (exact) mass is 275 g/mol. The fourth-order valence-corrected chi connectivity index (χ4v) is 2.20. The summed E-state index contributed by atoms with van der Waals surface area (Å²) in [6.07, 6.45) is 3.88. The van der Waals surface area contributed by atoms with Crippen molar-refractivity contribution in [2.45, 2.75) is 18.9 Å². The van der Waals surface area contributed by atoms with Gasteiger partial charge in [-0.15, -0.1) is 0 Å². The molecule has 106 valence electrons. The van der Waals surface area contributed by atoms with Crippen molar-refractivity contribution >= 4 is 16.7 Å². The quantitative estimate of drug-likeness (QED) is 0.902. The summed E-state index contributed by atoms with van der Waals surface area (Å²) in [6.45, 7) is 0. The molecule has 0 bridgehead atoms. The number of anilines is 1. The molecule has 6 nitrogen and oxygen atoms in total. The standard InChI is InChI=1S/C14H17N3O3/c1-18-10-6-9-11(13(20-3)12(10)19-2)15-7-16-14(9)17-8-4-5-8/h6-8H,4-5H2,1-3H3,(H,15,16,17). The predicted molar refractivity (Wildman–Crippen MR) is 75.8 cm³/mol. The Labute approximate surface area is 117 Å². The van der Waals surface area contributed by atoms with Crippen LogP contribution in [0, 0.1) is 0 Å². The average Bonchev–Trinajstić information content (AvgIpc) is 3.29. The highest BCUT2D eigenvalue weighted by Crippen LogP contribution is 2.44. The molecule has 0 unspecified atom stereocenters. The van der Waals surface area contributed by atoms with Gasteiger partial charge < -0.3 is 19.5 Å². The molecule has 0 radical (unpaired) electrons. The summed E-state index contributed by atoms with van der Waals surface area (Å²) in [4.78, 5) is 8.63. The topological polar surface area (TPSA) is 65.5 Å². The maximum atomic E-state index is 5.44. The second kappa shape index (κ2) is 5.03. The van der Waals surface area contributed by atoms with Crippen molar-refractivity contribution in [1.82, 2.24) is 9.97 Å². The molecule has 1 saturated carbocycles. The molecule has 1 aromatic heterocycles. The number of fused-ring (bicyclic) bond motifs is 1. The molecule has 1 heterocycles. The maximum Gasteiger partial charge on any atom is 0.205 e. The number of nitrogens with zero attached hydrogens (tertiary/aromatic N) is 2. The molecule has 2 aromatic rings. The van der Waals surface area contributed by atoms with Gasteiger partial charge in [0.2, 0.25) is 5.75 Å². The fraction of sp³-hybridized carbons (Fsp3) is 0.429. The average molecular weight is 275 g/mol. The number of hydrogen-bond acceptors (Lipinski definition) is 6. The first-order valence-corrected chi connectivity index (χ1v) is 6.48. The first-order chi connectivity index (χ1) is 9.78. The number of ether oxygens (including phenoxy) is 3. The van der Waals surface area contributed by atoms with Gasteiger partial charge in [0.1, 0.15) is 17.7 Å². The zero-order valence-electron chi connectivity index (χ0n) is 11.8. The summed E-state index contributed by atoms with van der Waals surface area (Å²) in [6, 6.07) is 2.38. The first kappa shape index (κ1) is 12.8. The molecular weight excluding hydrogens is 258 g/mol. The van der Waals surface area contributed by atoms with Crippen LogP contribution in [-0.2, 0) is 0 Å². The van der Waals surface area contributed by atoms with Gasteiger partial charge in [-0.25, -0.2) is 9.97 Å². The van der Waals surface area contributed by atoms with Crippen LogP contribution in [0.2, 0.25) is 0 Å². The van der Waals surface area contributed by atoms with Gasteiger partial charge in [0, 0.05) is 6.04 Å². The Hall–Kier alpha value is -2.24. The summed E-state index contributed by atoms with van der Waals surface area (Å²) in [5, 5.41) is 4.27. The van der Waals surface area contributed by atoms with Crippen molar-refractivity contribution in [3.63, 3.8) is 0 Å². The van der Waals surface area contributed by atoms with Crippen molar-refractivity contribution in [2.24, 2.45) is 0 Å². The summed E-state index contributed by atoms with van der Waals surface area (Å²) in [5.41, 5.74) is 0.711. The van der Waals surface area contributed by atoms with Crippen molar-refractivity contribution in [1.29, 1.82) is 0 Å². The smallest absolute Gasteiger partial charge is 0.205 e. The van der Waals surface area contributed by atoms with Crippen molar-refractivity contribution < 1.29 is 14.2 Å². The molecule has 1 N–H and O–H groups in total. The molecule has 1 fully saturated rings. The lowest BCUT2D eigenvalue weighted by molar-refractivity contribution is 0.327. The van der Waals surface area contributed by atoms with Gasteiger partial charge in [-0.05, 0) is 18.9 Å². The SMILES string of the molecule is COc1cc2c(NC3CC3)ncnc2c(OC)c1OC. The normalized spacial score (nSPS) is 14.2. The molecule has 0 aliphatic heterocycles. The number of benzene rings is 1. The minimum Gasteiger partial charge on any atom is -0.493 e. The van der Waals surface area contributed by atoms with Gasteiger partial charge >= 0.3 is 0 Å². The van der Waals surface area contributed by atoms with Crippen LogP contribution in [-0.4, -0.2) is 37.3 Å². The van der Waals surface area contributed by atoms with Crippen LogP contribution in [0.15, 0.2) is 12.4 Å². The van der Waals surface area contributed by atoms with Gasteiger partial charge in [-0.2, -0.15) is 0 Å². The van der Waals surface area contributed by atoms with Crippen LogP contribution >= 0.6 is 0 Å². The number of methoxy groups -OCH3 is 3. The van der Waals surface area contributed by atoms with Crippen molar-refractivity contribution in [2.75, 3.05) is 26.6 Å². The lowest BCUT2D eigenvalue weighted by atomic mass is 10.2. The Morgan fingerprint density at radius 2 is 1.80 bits per heavy atom. The number of nitrogens with one attached hydrogen (secondary N) is 1. The zero-order valence-corrected chi connectivity index (χ0v) is 11.8. The molecule has 3 rings (SSSR count). The highest BCUT2D eigenvalue weighted by molar-refractivity contribution is 5.96. The first-order valence-electron chi connectivity index (χ1n) is 6.48. The Kier molecular flexibility index (Phi) is 3.22. The minimum absolute atomic E-state index is 0.507. The molecule has 1 aliphatic carbocycles. The van der Waals surface area contributed by atoms with E-state index in [0.29, 0.717) is 28.8 Å². The van der Waals surface area contributed by atoms with E-state index in [9.17, 15) is 0 Å². The molecule has 1 aliphatic rings. The lowest BCUT2D eigenvalue weighted by Gasteiger charge is -2.15. The van der Waals surface area contributed by atoms with E-state index in [1.165, 1.54) is 19.2 Å². The van der Waals surface area contributed by atoms with E-state index in [2.05, 4.69) is 15.3 Å². The Morgan fingerprint density at radius 3 is 2.40 bits per heavy atom. The second-order valence-corrected chi connectivity index (χ2v) is 4.68. The van der Waals surface area contributed by atoms with Crippen LogP contribution < -0.4 is 19.5 Å². The van der Waals surface area contributed by atoms with Gasteiger partial charge in [0.15, 0.2) is 11.5 Å². The number of hydrogen-bond donors (Lipinski definition) is 1. The van der Waals surface area contributed by atoms with Crippen molar-refractivity contribution in [3.05, 3.63) is 12.4 Å². The third-order valence-electron chi connectivity index (χ3n) is 3.35. The molecule has 0 spiro atoms. The summed E-state index contributed by atoms with van der Waals surface area (Å²) < 4.78 is 16.2. The van der Waals surface area contributed by atoms with Crippen LogP contribution in [0.3, 0.4) is 0 Å². The Bertz CT molecular complexity index is 641. The van der Waals surface area contributed by atoms with Gasteiger partial charge in [-0.1, -0.05) is 0 Å². The Balaban J connectivity index is 2.23.